The molecule has 0 radical (unpaired) electrons. The zero-order chi connectivity index (χ0) is 13.2. The summed E-state index contributed by atoms with van der Waals surface area (Å²) in [6, 6.07) is 8.13. The van der Waals surface area contributed by atoms with E-state index >= 15 is 0 Å². The molecule has 0 bridgehead atoms. The predicted molar refractivity (Wildman–Crippen MR) is 77.0 cm³/mol. The van der Waals surface area contributed by atoms with Crippen LogP contribution < -0.4 is 9.64 Å². The molecule has 1 aromatic heterocycles. The number of nitrogens with zero attached hydrogens (tertiary/aromatic N) is 3. The lowest BCUT2D eigenvalue weighted by Gasteiger charge is -2.15. The van der Waals surface area contributed by atoms with E-state index in [-0.39, 0.29) is 0 Å². The van der Waals surface area contributed by atoms with Gasteiger partial charge in [-0.15, -0.1) is 10.2 Å². The Morgan fingerprint density at radius 3 is 2.63 bits per heavy atom. The van der Waals surface area contributed by atoms with Gasteiger partial charge in [-0.25, -0.2) is 0 Å². The second-order valence-corrected chi connectivity index (χ2v) is 5.89. The summed E-state index contributed by atoms with van der Waals surface area (Å²) in [6.07, 6.45) is 2.55. The van der Waals surface area contributed by atoms with Crippen LogP contribution in [0.3, 0.4) is 0 Å². The standard InChI is InChI=1S/C14H17N3OS/c1-17(9-10-3-7-12(18-2)8-4-10)14-16-15-13(19-14)11-5-6-11/h3-4,7-8,11H,5-6,9H2,1-2H3. The Balaban J connectivity index is 1.66. The fourth-order valence-electron chi connectivity index (χ4n) is 1.95. The van der Waals surface area contributed by atoms with Crippen LogP contribution in [-0.2, 0) is 6.54 Å². The van der Waals surface area contributed by atoms with Crippen LogP contribution in [0.5, 0.6) is 5.75 Å². The molecule has 3 rings (SSSR count). The summed E-state index contributed by atoms with van der Waals surface area (Å²) >= 11 is 1.72. The largest absolute Gasteiger partial charge is 0.497 e. The third-order valence-electron chi connectivity index (χ3n) is 3.26. The van der Waals surface area contributed by atoms with Gasteiger partial charge in [0.05, 0.1) is 7.11 Å². The molecule has 1 heterocycles. The smallest absolute Gasteiger partial charge is 0.208 e. The molecule has 0 amide bonds. The number of benzene rings is 1. The van der Waals surface area contributed by atoms with Crippen LogP contribution in [0, 0.1) is 0 Å². The van der Waals surface area contributed by atoms with Gasteiger partial charge in [0.2, 0.25) is 5.13 Å². The van der Waals surface area contributed by atoms with Crippen molar-refractivity contribution in [1.82, 2.24) is 10.2 Å². The first-order valence-corrected chi connectivity index (χ1v) is 7.25. The average Bonchev–Trinajstić information content (AvgIpc) is 3.17. The third-order valence-corrected chi connectivity index (χ3v) is 4.46. The number of hydrogen-bond donors (Lipinski definition) is 0. The minimum absolute atomic E-state index is 0.681. The molecule has 1 aromatic carbocycles. The molecular formula is C14H17N3OS. The molecule has 4 nitrogen and oxygen atoms in total. The van der Waals surface area contributed by atoms with Gasteiger partial charge in [0.15, 0.2) is 0 Å². The number of rotatable bonds is 5. The highest BCUT2D eigenvalue weighted by Crippen LogP contribution is 2.42. The monoisotopic (exact) mass is 275 g/mol. The molecule has 0 spiro atoms. The quantitative estimate of drug-likeness (QED) is 0.840. The second-order valence-electron chi connectivity index (χ2n) is 4.90. The van der Waals surface area contributed by atoms with Gasteiger partial charge in [0.25, 0.3) is 0 Å². The maximum Gasteiger partial charge on any atom is 0.208 e. The molecule has 0 atom stereocenters. The van der Waals surface area contributed by atoms with Crippen molar-refractivity contribution < 1.29 is 4.74 Å². The summed E-state index contributed by atoms with van der Waals surface area (Å²) in [5.74, 6) is 1.57. The van der Waals surface area contributed by atoms with E-state index in [1.165, 1.54) is 23.4 Å². The Kier molecular flexibility index (Phi) is 3.38. The van der Waals surface area contributed by atoms with E-state index in [2.05, 4.69) is 34.3 Å². The van der Waals surface area contributed by atoms with E-state index in [0.29, 0.717) is 5.92 Å². The molecule has 100 valence electrons. The van der Waals surface area contributed by atoms with E-state index in [0.717, 1.165) is 17.4 Å². The van der Waals surface area contributed by atoms with Gasteiger partial charge in [0.1, 0.15) is 10.8 Å². The van der Waals surface area contributed by atoms with Crippen LogP contribution in [0.15, 0.2) is 24.3 Å². The highest BCUT2D eigenvalue weighted by atomic mass is 32.1. The minimum atomic E-state index is 0.681. The molecule has 2 aromatic rings. The van der Waals surface area contributed by atoms with Gasteiger partial charge in [0, 0.05) is 19.5 Å². The number of aromatic nitrogens is 2. The highest BCUT2D eigenvalue weighted by Gasteiger charge is 2.28. The van der Waals surface area contributed by atoms with Crippen LogP contribution in [0.2, 0.25) is 0 Å². The second kappa shape index (κ2) is 5.17. The maximum absolute atomic E-state index is 5.16. The van der Waals surface area contributed by atoms with E-state index in [1.54, 1.807) is 18.4 Å². The van der Waals surface area contributed by atoms with Gasteiger partial charge in [-0.2, -0.15) is 0 Å². The summed E-state index contributed by atoms with van der Waals surface area (Å²) < 4.78 is 5.16. The molecule has 1 aliphatic carbocycles. The van der Waals surface area contributed by atoms with Gasteiger partial charge in [-0.05, 0) is 30.5 Å². The molecule has 0 saturated heterocycles. The van der Waals surface area contributed by atoms with Gasteiger partial charge in [-0.3, -0.25) is 0 Å². The normalized spacial score (nSPS) is 14.4. The van der Waals surface area contributed by atoms with Crippen molar-refractivity contribution in [3.05, 3.63) is 34.8 Å². The number of anilines is 1. The van der Waals surface area contributed by atoms with Crippen molar-refractivity contribution in [2.45, 2.75) is 25.3 Å². The molecule has 0 N–H and O–H groups in total. The first kappa shape index (κ1) is 12.4. The van der Waals surface area contributed by atoms with E-state index < -0.39 is 0 Å². The predicted octanol–water partition coefficient (Wildman–Crippen LogP) is 3.06. The molecule has 5 heteroatoms. The Labute approximate surface area is 117 Å². The minimum Gasteiger partial charge on any atom is -0.497 e. The fraction of sp³-hybridized carbons (Fsp3) is 0.429. The van der Waals surface area contributed by atoms with Crippen LogP contribution in [0.4, 0.5) is 5.13 Å². The number of methoxy groups -OCH3 is 1. The number of ether oxygens (including phenoxy) is 1. The Morgan fingerprint density at radius 2 is 2.00 bits per heavy atom. The average molecular weight is 275 g/mol. The van der Waals surface area contributed by atoms with Crippen molar-refractivity contribution >= 4 is 16.5 Å². The summed E-state index contributed by atoms with van der Waals surface area (Å²) in [5, 5.41) is 10.7. The Morgan fingerprint density at radius 1 is 1.26 bits per heavy atom. The summed E-state index contributed by atoms with van der Waals surface area (Å²) in [7, 11) is 3.74. The zero-order valence-corrected chi connectivity index (χ0v) is 12.0. The Bertz CT molecular complexity index is 548. The highest BCUT2D eigenvalue weighted by molar-refractivity contribution is 7.15. The fourth-order valence-corrected chi connectivity index (χ4v) is 2.92. The lowest BCUT2D eigenvalue weighted by atomic mass is 10.2. The van der Waals surface area contributed by atoms with Crippen molar-refractivity contribution in [2.24, 2.45) is 0 Å². The van der Waals surface area contributed by atoms with Crippen molar-refractivity contribution in [3.8, 4) is 5.75 Å². The van der Waals surface area contributed by atoms with E-state index in [4.69, 9.17) is 4.74 Å². The van der Waals surface area contributed by atoms with Crippen molar-refractivity contribution in [2.75, 3.05) is 19.1 Å². The summed E-state index contributed by atoms with van der Waals surface area (Å²) in [5.41, 5.74) is 1.24. The zero-order valence-electron chi connectivity index (χ0n) is 11.2. The molecular weight excluding hydrogens is 258 g/mol. The molecule has 0 aliphatic heterocycles. The molecule has 1 aliphatic rings. The lowest BCUT2D eigenvalue weighted by molar-refractivity contribution is 0.414. The molecule has 1 saturated carbocycles. The van der Waals surface area contributed by atoms with Crippen LogP contribution in [0.25, 0.3) is 0 Å². The van der Waals surface area contributed by atoms with Crippen LogP contribution >= 0.6 is 11.3 Å². The van der Waals surface area contributed by atoms with E-state index in [9.17, 15) is 0 Å². The molecule has 0 unspecified atom stereocenters. The molecule has 19 heavy (non-hydrogen) atoms. The summed E-state index contributed by atoms with van der Waals surface area (Å²) in [6.45, 7) is 0.837. The van der Waals surface area contributed by atoms with Crippen LogP contribution in [0.1, 0.15) is 29.3 Å². The van der Waals surface area contributed by atoms with Gasteiger partial charge < -0.3 is 9.64 Å². The van der Waals surface area contributed by atoms with Crippen molar-refractivity contribution in [1.29, 1.82) is 0 Å². The summed E-state index contributed by atoms with van der Waals surface area (Å²) in [4.78, 5) is 2.14. The molecule has 1 fully saturated rings. The van der Waals surface area contributed by atoms with Gasteiger partial charge >= 0.3 is 0 Å². The first-order valence-electron chi connectivity index (χ1n) is 6.43. The maximum atomic E-state index is 5.16. The lowest BCUT2D eigenvalue weighted by Crippen LogP contribution is -2.15. The van der Waals surface area contributed by atoms with Crippen molar-refractivity contribution in [3.63, 3.8) is 0 Å². The third kappa shape index (κ3) is 2.87. The van der Waals surface area contributed by atoms with Gasteiger partial charge in [-0.1, -0.05) is 23.5 Å². The number of hydrogen-bond acceptors (Lipinski definition) is 5. The Hall–Kier alpha value is -1.62. The SMILES string of the molecule is COc1ccc(CN(C)c2nnc(C3CC3)s2)cc1. The van der Waals surface area contributed by atoms with Crippen LogP contribution in [-0.4, -0.2) is 24.4 Å². The van der Waals surface area contributed by atoms with E-state index in [1.807, 2.05) is 12.1 Å². The first-order chi connectivity index (χ1) is 9.26. The topological polar surface area (TPSA) is 38.2 Å².